The third kappa shape index (κ3) is 4.36. The Morgan fingerprint density at radius 3 is 2.57 bits per heavy atom. The van der Waals surface area contributed by atoms with Crippen LogP contribution in [0.15, 0.2) is 61.2 Å². The van der Waals surface area contributed by atoms with Gasteiger partial charge >= 0.3 is 0 Å². The molecular formula is C17H16ClNO2. The molecule has 0 bridgehead atoms. The molecule has 3 nitrogen and oxygen atoms in total. The van der Waals surface area contributed by atoms with Gasteiger partial charge in [-0.05, 0) is 35.9 Å². The zero-order chi connectivity index (χ0) is 15.1. The van der Waals surface area contributed by atoms with Gasteiger partial charge in [-0.1, -0.05) is 42.5 Å². The quantitative estimate of drug-likeness (QED) is 0.823. The van der Waals surface area contributed by atoms with Crippen LogP contribution in [0, 0.1) is 0 Å². The van der Waals surface area contributed by atoms with E-state index >= 15 is 0 Å². The average molecular weight is 302 g/mol. The lowest BCUT2D eigenvalue weighted by molar-refractivity contribution is 0.0951. The van der Waals surface area contributed by atoms with Crippen molar-refractivity contribution in [1.82, 2.24) is 5.32 Å². The second-order valence-electron chi connectivity index (χ2n) is 4.40. The number of ether oxygens (including phenoxy) is 1. The number of hydrogen-bond acceptors (Lipinski definition) is 2. The van der Waals surface area contributed by atoms with E-state index in [9.17, 15) is 4.79 Å². The maximum absolute atomic E-state index is 12.0. The van der Waals surface area contributed by atoms with Crippen molar-refractivity contribution >= 4 is 17.5 Å². The highest BCUT2D eigenvalue weighted by atomic mass is 35.5. The molecule has 0 spiro atoms. The second-order valence-corrected chi connectivity index (χ2v) is 4.81. The van der Waals surface area contributed by atoms with Gasteiger partial charge in [0.05, 0.1) is 0 Å². The summed E-state index contributed by atoms with van der Waals surface area (Å²) in [6.07, 6.45) is 1.67. The van der Waals surface area contributed by atoms with Crippen LogP contribution in [0.2, 0.25) is 5.02 Å². The monoisotopic (exact) mass is 301 g/mol. The molecule has 21 heavy (non-hydrogen) atoms. The van der Waals surface area contributed by atoms with Crippen molar-refractivity contribution in [3.63, 3.8) is 0 Å². The molecule has 108 valence electrons. The van der Waals surface area contributed by atoms with Crippen LogP contribution >= 0.6 is 11.6 Å². The lowest BCUT2D eigenvalue weighted by Crippen LogP contribution is -2.22. The minimum absolute atomic E-state index is 0.148. The van der Waals surface area contributed by atoms with Crippen molar-refractivity contribution in [1.29, 1.82) is 0 Å². The molecule has 0 aliphatic heterocycles. The van der Waals surface area contributed by atoms with Gasteiger partial charge < -0.3 is 10.1 Å². The summed E-state index contributed by atoms with van der Waals surface area (Å²) in [7, 11) is 0. The molecule has 2 rings (SSSR count). The summed E-state index contributed by atoms with van der Waals surface area (Å²) >= 11 is 6.05. The lowest BCUT2D eigenvalue weighted by atomic mass is 10.2. The van der Waals surface area contributed by atoms with Crippen LogP contribution < -0.4 is 10.1 Å². The predicted octanol–water partition coefficient (Wildman–Crippen LogP) is 3.83. The molecule has 2 aromatic carbocycles. The van der Waals surface area contributed by atoms with Crippen LogP contribution in [0.4, 0.5) is 0 Å². The van der Waals surface area contributed by atoms with Crippen molar-refractivity contribution in [3.05, 3.63) is 77.3 Å². The molecule has 0 fully saturated rings. The molecule has 2 aromatic rings. The maximum Gasteiger partial charge on any atom is 0.251 e. The Morgan fingerprint density at radius 1 is 1.19 bits per heavy atom. The number of hydrogen-bond donors (Lipinski definition) is 1. The van der Waals surface area contributed by atoms with Gasteiger partial charge in [0.1, 0.15) is 12.4 Å². The van der Waals surface area contributed by atoms with Gasteiger partial charge in [0.25, 0.3) is 5.91 Å². The van der Waals surface area contributed by atoms with Crippen LogP contribution in [0.25, 0.3) is 0 Å². The van der Waals surface area contributed by atoms with Crippen LogP contribution in [-0.2, 0) is 6.54 Å². The van der Waals surface area contributed by atoms with E-state index < -0.39 is 0 Å². The van der Waals surface area contributed by atoms with Crippen LogP contribution in [-0.4, -0.2) is 12.5 Å². The number of benzene rings is 2. The average Bonchev–Trinajstić information content (AvgIpc) is 2.52. The molecule has 0 unspecified atom stereocenters. The number of halogens is 1. The largest absolute Gasteiger partial charge is 0.490 e. The Morgan fingerprint density at radius 2 is 1.90 bits per heavy atom. The van der Waals surface area contributed by atoms with Crippen LogP contribution in [0.5, 0.6) is 5.75 Å². The molecule has 1 amide bonds. The minimum atomic E-state index is -0.148. The molecular weight excluding hydrogens is 286 g/mol. The normalized spacial score (nSPS) is 9.95. The standard InChI is InChI=1S/C17H16ClNO2/c1-2-11-21-15-9-7-13(8-10-15)17(20)19-12-14-5-3-4-6-16(14)18/h2-10H,1,11-12H2,(H,19,20). The maximum atomic E-state index is 12.0. The van der Waals surface area contributed by atoms with Crippen molar-refractivity contribution in [2.45, 2.75) is 6.54 Å². The van der Waals surface area contributed by atoms with Gasteiger partial charge in [0, 0.05) is 17.1 Å². The van der Waals surface area contributed by atoms with Crippen molar-refractivity contribution in [2.24, 2.45) is 0 Å². The van der Waals surface area contributed by atoms with Gasteiger partial charge in [-0.15, -0.1) is 0 Å². The van der Waals surface area contributed by atoms with Crippen molar-refractivity contribution in [3.8, 4) is 5.75 Å². The van der Waals surface area contributed by atoms with Gasteiger partial charge in [-0.2, -0.15) is 0 Å². The third-order valence-electron chi connectivity index (χ3n) is 2.88. The van der Waals surface area contributed by atoms with E-state index in [4.69, 9.17) is 16.3 Å². The molecule has 1 N–H and O–H groups in total. The Hall–Kier alpha value is -2.26. The number of amides is 1. The number of nitrogens with one attached hydrogen (secondary N) is 1. The summed E-state index contributed by atoms with van der Waals surface area (Å²) in [5.41, 5.74) is 1.46. The molecule has 0 heterocycles. The molecule has 0 saturated heterocycles. The molecule has 0 aliphatic rings. The van der Waals surface area contributed by atoms with E-state index in [2.05, 4.69) is 11.9 Å². The highest BCUT2D eigenvalue weighted by Crippen LogP contribution is 2.15. The van der Waals surface area contributed by atoms with Gasteiger partial charge in [0.2, 0.25) is 0 Å². The van der Waals surface area contributed by atoms with E-state index in [1.54, 1.807) is 36.4 Å². The van der Waals surface area contributed by atoms with E-state index in [1.807, 2.05) is 18.2 Å². The Labute approximate surface area is 129 Å². The zero-order valence-electron chi connectivity index (χ0n) is 11.5. The first-order valence-corrected chi connectivity index (χ1v) is 6.94. The number of carbonyl (C=O) groups excluding carboxylic acids is 1. The molecule has 0 atom stereocenters. The van der Waals surface area contributed by atoms with E-state index in [-0.39, 0.29) is 5.91 Å². The number of carbonyl (C=O) groups is 1. The van der Waals surface area contributed by atoms with E-state index in [1.165, 1.54) is 0 Å². The minimum Gasteiger partial charge on any atom is -0.490 e. The van der Waals surface area contributed by atoms with Crippen molar-refractivity contribution < 1.29 is 9.53 Å². The first-order valence-electron chi connectivity index (χ1n) is 6.56. The Balaban J connectivity index is 1.94. The summed E-state index contributed by atoms with van der Waals surface area (Å²) in [4.78, 5) is 12.0. The lowest BCUT2D eigenvalue weighted by Gasteiger charge is -2.08. The SMILES string of the molecule is C=CCOc1ccc(C(=O)NCc2ccccc2Cl)cc1. The van der Waals surface area contributed by atoms with Gasteiger partial charge in [-0.25, -0.2) is 0 Å². The second kappa shape index (κ2) is 7.50. The fraction of sp³-hybridized carbons (Fsp3) is 0.118. The Kier molecular flexibility index (Phi) is 5.41. The van der Waals surface area contributed by atoms with Gasteiger partial charge in [0.15, 0.2) is 0 Å². The van der Waals surface area contributed by atoms with Gasteiger partial charge in [-0.3, -0.25) is 4.79 Å². The molecule has 0 aliphatic carbocycles. The highest BCUT2D eigenvalue weighted by Gasteiger charge is 2.06. The summed E-state index contributed by atoms with van der Waals surface area (Å²) < 4.78 is 5.37. The highest BCUT2D eigenvalue weighted by molar-refractivity contribution is 6.31. The van der Waals surface area contributed by atoms with Crippen molar-refractivity contribution in [2.75, 3.05) is 6.61 Å². The third-order valence-corrected chi connectivity index (χ3v) is 3.25. The topological polar surface area (TPSA) is 38.3 Å². The zero-order valence-corrected chi connectivity index (χ0v) is 12.3. The molecule has 4 heteroatoms. The van der Waals surface area contributed by atoms with E-state index in [0.717, 1.165) is 5.56 Å². The fourth-order valence-electron chi connectivity index (χ4n) is 1.78. The summed E-state index contributed by atoms with van der Waals surface area (Å²) in [5.74, 6) is 0.558. The Bertz CT molecular complexity index is 623. The fourth-order valence-corrected chi connectivity index (χ4v) is 1.98. The first-order chi connectivity index (χ1) is 10.2. The molecule has 0 aromatic heterocycles. The smallest absolute Gasteiger partial charge is 0.251 e. The van der Waals surface area contributed by atoms with Crippen LogP contribution in [0.1, 0.15) is 15.9 Å². The predicted molar refractivity (Wildman–Crippen MR) is 84.8 cm³/mol. The van der Waals surface area contributed by atoms with Crippen LogP contribution in [0.3, 0.4) is 0 Å². The summed E-state index contributed by atoms with van der Waals surface area (Å²) in [6, 6.07) is 14.4. The molecule has 0 saturated carbocycles. The molecule has 0 radical (unpaired) electrons. The first kappa shape index (κ1) is 15.1. The summed E-state index contributed by atoms with van der Waals surface area (Å²) in [5, 5.41) is 3.48. The number of rotatable bonds is 6. The van der Waals surface area contributed by atoms with E-state index in [0.29, 0.717) is 29.5 Å². The summed E-state index contributed by atoms with van der Waals surface area (Å²) in [6.45, 7) is 4.42.